The zero-order chi connectivity index (χ0) is 21.6. The third kappa shape index (κ3) is 3.67. The van der Waals surface area contributed by atoms with Crippen molar-refractivity contribution in [3.8, 4) is 11.3 Å². The summed E-state index contributed by atoms with van der Waals surface area (Å²) >= 11 is 14.3. The molecule has 3 heterocycles. The van der Waals surface area contributed by atoms with Crippen molar-refractivity contribution >= 4 is 68.1 Å². The van der Waals surface area contributed by atoms with Gasteiger partial charge in [-0.2, -0.15) is 4.37 Å². The highest BCUT2D eigenvalue weighted by Crippen LogP contribution is 2.30. The average Bonchev–Trinajstić information content (AvgIpc) is 3.34. The zero-order valence-corrected chi connectivity index (χ0v) is 18.7. The van der Waals surface area contributed by atoms with Crippen LogP contribution in [-0.2, 0) is 25.3 Å². The Bertz CT molecular complexity index is 1420. The molecule has 3 aromatic heterocycles. The molecule has 8 nitrogen and oxygen atoms in total. The minimum absolute atomic E-state index is 0.0592. The van der Waals surface area contributed by atoms with E-state index in [2.05, 4.69) is 14.7 Å². The minimum Gasteiger partial charge on any atom is -0.302 e. The predicted octanol–water partition coefficient (Wildman–Crippen LogP) is 3.31. The van der Waals surface area contributed by atoms with Crippen molar-refractivity contribution in [2.24, 2.45) is 14.1 Å². The Morgan fingerprint density at radius 2 is 1.93 bits per heavy atom. The van der Waals surface area contributed by atoms with E-state index < -0.39 is 11.2 Å². The van der Waals surface area contributed by atoms with Gasteiger partial charge in [0, 0.05) is 29.9 Å². The molecule has 0 radical (unpaired) electrons. The Balaban J connectivity index is 1.56. The van der Waals surface area contributed by atoms with Crippen LogP contribution in [-0.4, -0.2) is 24.4 Å². The van der Waals surface area contributed by atoms with Gasteiger partial charge in [-0.25, -0.2) is 9.78 Å². The second kappa shape index (κ2) is 7.95. The summed E-state index contributed by atoms with van der Waals surface area (Å²) in [6.07, 6.45) is -0.0592. The van der Waals surface area contributed by atoms with Gasteiger partial charge in [0.05, 0.1) is 27.5 Å². The van der Waals surface area contributed by atoms with E-state index in [-0.39, 0.29) is 23.4 Å². The summed E-state index contributed by atoms with van der Waals surface area (Å²) in [6, 6.07) is 5.17. The molecular formula is C18H13Cl2N5O3S2. The van der Waals surface area contributed by atoms with Gasteiger partial charge in [0.15, 0.2) is 10.8 Å². The number of carbonyl (C=O) groups is 1. The van der Waals surface area contributed by atoms with Gasteiger partial charge in [-0.15, -0.1) is 11.3 Å². The SMILES string of the molecule is Cn1c(=O)c2c(CC(=O)Nc3nc(-c4ccc(Cl)c(Cl)c4)cs3)snc2n(C)c1=O. The lowest BCUT2D eigenvalue weighted by Crippen LogP contribution is -2.37. The second-order valence-corrected chi connectivity index (χ2v) is 8.93. The van der Waals surface area contributed by atoms with Crippen LogP contribution in [0.4, 0.5) is 5.13 Å². The van der Waals surface area contributed by atoms with Crippen LogP contribution < -0.4 is 16.6 Å². The number of nitrogens with zero attached hydrogens (tertiary/aromatic N) is 4. The first-order chi connectivity index (χ1) is 14.3. The first-order valence-electron chi connectivity index (χ1n) is 8.51. The standard InChI is InChI=1S/C18H13Cl2N5O3S2/c1-24-15-14(16(27)25(2)18(24)28)12(30-23-15)6-13(26)22-17-21-11(7-29-17)8-3-4-9(19)10(20)5-8/h3-5,7H,6H2,1-2H3,(H,21,22,26). The van der Waals surface area contributed by atoms with Crippen LogP contribution in [0.5, 0.6) is 0 Å². The lowest BCUT2D eigenvalue weighted by atomic mass is 10.2. The van der Waals surface area contributed by atoms with E-state index in [1.54, 1.807) is 23.6 Å². The summed E-state index contributed by atoms with van der Waals surface area (Å²) in [5, 5.41) is 6.08. The topological polar surface area (TPSA) is 98.9 Å². The first kappa shape index (κ1) is 20.7. The molecule has 0 saturated heterocycles. The average molecular weight is 482 g/mol. The van der Waals surface area contributed by atoms with Gasteiger partial charge in [-0.3, -0.25) is 18.7 Å². The summed E-state index contributed by atoms with van der Waals surface area (Å²) in [6.45, 7) is 0. The van der Waals surface area contributed by atoms with Gasteiger partial charge in [-0.05, 0) is 23.7 Å². The quantitative estimate of drug-likeness (QED) is 0.481. The molecule has 1 amide bonds. The molecule has 0 fully saturated rings. The second-order valence-electron chi connectivity index (χ2n) is 6.40. The molecule has 12 heteroatoms. The Labute approximate surface area is 187 Å². The van der Waals surface area contributed by atoms with Crippen molar-refractivity contribution in [2.45, 2.75) is 6.42 Å². The molecule has 4 aromatic rings. The van der Waals surface area contributed by atoms with Gasteiger partial charge in [0.25, 0.3) is 5.56 Å². The predicted molar refractivity (Wildman–Crippen MR) is 120 cm³/mol. The number of hydrogen-bond donors (Lipinski definition) is 1. The van der Waals surface area contributed by atoms with Crippen molar-refractivity contribution in [2.75, 3.05) is 5.32 Å². The molecule has 1 aromatic carbocycles. The highest BCUT2D eigenvalue weighted by atomic mass is 35.5. The van der Waals surface area contributed by atoms with Crippen LogP contribution in [0.15, 0.2) is 33.2 Å². The van der Waals surface area contributed by atoms with Crippen LogP contribution >= 0.6 is 46.1 Å². The number of rotatable bonds is 4. The molecule has 0 aliphatic carbocycles. The molecule has 0 unspecified atom stereocenters. The van der Waals surface area contributed by atoms with Crippen molar-refractivity contribution in [1.82, 2.24) is 18.5 Å². The van der Waals surface area contributed by atoms with Crippen molar-refractivity contribution in [1.29, 1.82) is 0 Å². The summed E-state index contributed by atoms with van der Waals surface area (Å²) in [5.41, 5.74) is 0.763. The molecule has 0 atom stereocenters. The van der Waals surface area contributed by atoms with E-state index in [9.17, 15) is 14.4 Å². The Morgan fingerprint density at radius 3 is 2.67 bits per heavy atom. The minimum atomic E-state index is -0.471. The fourth-order valence-electron chi connectivity index (χ4n) is 2.88. The molecule has 154 valence electrons. The summed E-state index contributed by atoms with van der Waals surface area (Å²) < 4.78 is 6.47. The molecule has 30 heavy (non-hydrogen) atoms. The Kier molecular flexibility index (Phi) is 5.49. The molecule has 0 aliphatic rings. The number of aryl methyl sites for hydroxylation is 1. The first-order valence-corrected chi connectivity index (χ1v) is 10.9. The van der Waals surface area contributed by atoms with Crippen LogP contribution in [0, 0.1) is 0 Å². The molecule has 4 rings (SSSR count). The van der Waals surface area contributed by atoms with Gasteiger partial charge in [-0.1, -0.05) is 29.3 Å². The van der Waals surface area contributed by atoms with Crippen molar-refractivity contribution < 1.29 is 4.79 Å². The molecule has 0 bridgehead atoms. The summed E-state index contributed by atoms with van der Waals surface area (Å²) in [4.78, 5) is 41.9. The molecule has 0 saturated carbocycles. The fourth-order valence-corrected chi connectivity index (χ4v) is 4.79. The number of benzene rings is 1. The van der Waals surface area contributed by atoms with E-state index in [1.165, 1.54) is 30.0 Å². The molecular weight excluding hydrogens is 469 g/mol. The van der Waals surface area contributed by atoms with Gasteiger partial charge in [0.1, 0.15) is 0 Å². The number of amides is 1. The smallest absolute Gasteiger partial charge is 0.302 e. The number of aromatic nitrogens is 4. The number of nitrogens with one attached hydrogen (secondary N) is 1. The molecule has 0 aliphatic heterocycles. The van der Waals surface area contributed by atoms with E-state index in [0.29, 0.717) is 25.7 Å². The summed E-state index contributed by atoms with van der Waals surface area (Å²) in [5.74, 6) is -0.341. The van der Waals surface area contributed by atoms with E-state index in [4.69, 9.17) is 23.2 Å². The van der Waals surface area contributed by atoms with Crippen LogP contribution in [0.3, 0.4) is 0 Å². The molecule has 0 spiro atoms. The van der Waals surface area contributed by atoms with Gasteiger partial charge < -0.3 is 5.32 Å². The number of carbonyl (C=O) groups excluding carboxylic acids is 1. The third-order valence-corrected chi connectivity index (χ3v) is 6.77. The van der Waals surface area contributed by atoms with Crippen LogP contribution in [0.25, 0.3) is 22.3 Å². The number of fused-ring (bicyclic) bond motifs is 1. The van der Waals surface area contributed by atoms with Crippen molar-refractivity contribution in [3.05, 3.63) is 59.3 Å². The normalized spacial score (nSPS) is 11.2. The maximum atomic E-state index is 12.5. The fraction of sp³-hybridized carbons (Fsp3) is 0.167. The van der Waals surface area contributed by atoms with E-state index in [1.807, 2.05) is 0 Å². The maximum absolute atomic E-state index is 12.5. The number of halogens is 2. The highest BCUT2D eigenvalue weighted by molar-refractivity contribution is 7.14. The van der Waals surface area contributed by atoms with Gasteiger partial charge >= 0.3 is 5.69 Å². The van der Waals surface area contributed by atoms with E-state index >= 15 is 0 Å². The van der Waals surface area contributed by atoms with Crippen molar-refractivity contribution in [3.63, 3.8) is 0 Å². The molecule has 1 N–H and O–H groups in total. The largest absolute Gasteiger partial charge is 0.332 e. The maximum Gasteiger partial charge on any atom is 0.332 e. The number of hydrogen-bond acceptors (Lipinski definition) is 7. The number of anilines is 1. The lowest BCUT2D eigenvalue weighted by Gasteiger charge is -2.04. The highest BCUT2D eigenvalue weighted by Gasteiger charge is 2.19. The Morgan fingerprint density at radius 1 is 1.17 bits per heavy atom. The zero-order valence-electron chi connectivity index (χ0n) is 15.6. The van der Waals surface area contributed by atoms with Gasteiger partial charge in [0.2, 0.25) is 5.91 Å². The summed E-state index contributed by atoms with van der Waals surface area (Å²) in [7, 11) is 2.93. The monoisotopic (exact) mass is 481 g/mol. The van der Waals surface area contributed by atoms with Crippen LogP contribution in [0.1, 0.15) is 4.88 Å². The number of thiazole rings is 1. The third-order valence-electron chi connectivity index (χ3n) is 4.44. The van der Waals surface area contributed by atoms with Crippen LogP contribution in [0.2, 0.25) is 10.0 Å². The lowest BCUT2D eigenvalue weighted by molar-refractivity contribution is -0.115. The van der Waals surface area contributed by atoms with E-state index in [0.717, 1.165) is 21.7 Å². The Hall–Kier alpha value is -2.53.